The molecule has 1 amide bonds. The van der Waals surface area contributed by atoms with Crippen LogP contribution in [0.3, 0.4) is 0 Å². The Labute approximate surface area is 216 Å². The molecule has 0 radical (unpaired) electrons. The number of carbonyl (C=O) groups is 1. The quantitative estimate of drug-likeness (QED) is 0.274. The number of carbonyl (C=O) groups excluding carboxylic acids is 1. The molecule has 3 rings (SSSR count). The highest BCUT2D eigenvalue weighted by atomic mass is 127. The third kappa shape index (κ3) is 9.41. The zero-order chi connectivity index (χ0) is 22.8. The Hall–Kier alpha value is -1.39. The molecule has 0 spiro atoms. The van der Waals surface area contributed by atoms with Crippen molar-refractivity contribution in [3.63, 3.8) is 0 Å². The van der Waals surface area contributed by atoms with Gasteiger partial charge in [0.05, 0.1) is 25.4 Å². The number of hydrogen-bond acceptors (Lipinski definition) is 4. The molecule has 0 aliphatic carbocycles. The number of amides is 1. The van der Waals surface area contributed by atoms with Crippen molar-refractivity contribution in [2.75, 3.05) is 38.2 Å². The summed E-state index contributed by atoms with van der Waals surface area (Å²) in [5, 5.41) is 6.35. The van der Waals surface area contributed by atoms with Crippen molar-refractivity contribution < 1.29 is 14.3 Å². The molecule has 1 aromatic carbocycles. The molecule has 7 nitrogen and oxygen atoms in total. The van der Waals surface area contributed by atoms with Crippen molar-refractivity contribution >= 4 is 41.5 Å². The Kier molecular flexibility index (Phi) is 12.5. The number of nitrogens with zero attached hydrogens (tertiary/aromatic N) is 2. The zero-order valence-electron chi connectivity index (χ0n) is 20.3. The van der Waals surface area contributed by atoms with Crippen LogP contribution in [0.1, 0.15) is 58.4 Å². The normalized spacial score (nSPS) is 19.8. The molecule has 2 fully saturated rings. The summed E-state index contributed by atoms with van der Waals surface area (Å²) < 4.78 is 11.9. The Balaban J connectivity index is 0.00000385. The van der Waals surface area contributed by atoms with Gasteiger partial charge in [-0.05, 0) is 56.7 Å². The summed E-state index contributed by atoms with van der Waals surface area (Å²) in [5.41, 5.74) is 1.94. The summed E-state index contributed by atoms with van der Waals surface area (Å²) in [6.07, 6.45) is 6.19. The van der Waals surface area contributed by atoms with Crippen LogP contribution in [0.25, 0.3) is 0 Å². The molecule has 2 heterocycles. The van der Waals surface area contributed by atoms with Gasteiger partial charge in [0.25, 0.3) is 0 Å². The van der Waals surface area contributed by atoms with Gasteiger partial charge in [0, 0.05) is 37.8 Å². The summed E-state index contributed by atoms with van der Waals surface area (Å²) in [6.45, 7) is 10.8. The summed E-state index contributed by atoms with van der Waals surface area (Å²) in [6, 6.07) is 7.93. The standard InChI is InChI=1S/C25H40N4O3.HI/c1-4-26-25(27-17-20-8-10-21(11-9-20)28-24(30)19(2)3)29-14-12-22(13-15-29)32-18-23-7-5-6-16-31-23;/h8-11,19,22-23H,4-7,12-18H2,1-3H3,(H,26,27)(H,28,30);1H. The molecular weight excluding hydrogens is 531 g/mol. The number of anilines is 1. The summed E-state index contributed by atoms with van der Waals surface area (Å²) >= 11 is 0. The molecule has 8 heteroatoms. The SMILES string of the molecule is CCNC(=NCc1ccc(NC(=O)C(C)C)cc1)N1CCC(OCC2CCCCO2)CC1.I. The van der Waals surface area contributed by atoms with E-state index in [1.165, 1.54) is 12.8 Å². The van der Waals surface area contributed by atoms with Crippen molar-refractivity contribution in [3.8, 4) is 0 Å². The Morgan fingerprint density at radius 1 is 1.18 bits per heavy atom. The highest BCUT2D eigenvalue weighted by Crippen LogP contribution is 2.18. The number of rotatable bonds is 8. The lowest BCUT2D eigenvalue weighted by Gasteiger charge is -2.35. The molecule has 2 aliphatic rings. The second-order valence-electron chi connectivity index (χ2n) is 9.02. The lowest BCUT2D eigenvalue weighted by Crippen LogP contribution is -2.47. The molecule has 1 aromatic rings. The number of benzene rings is 1. The molecule has 186 valence electrons. The fraction of sp³-hybridized carbons (Fsp3) is 0.680. The van der Waals surface area contributed by atoms with Crippen LogP contribution in [0.2, 0.25) is 0 Å². The van der Waals surface area contributed by atoms with Crippen molar-refractivity contribution in [2.45, 2.75) is 71.6 Å². The van der Waals surface area contributed by atoms with Crippen LogP contribution < -0.4 is 10.6 Å². The first kappa shape index (κ1) is 27.9. The lowest BCUT2D eigenvalue weighted by molar-refractivity contribution is -0.118. The van der Waals surface area contributed by atoms with Gasteiger partial charge in [-0.2, -0.15) is 0 Å². The average molecular weight is 573 g/mol. The van der Waals surface area contributed by atoms with E-state index in [9.17, 15) is 4.79 Å². The number of piperidine rings is 1. The Bertz CT molecular complexity index is 728. The second kappa shape index (κ2) is 14.8. The molecule has 1 unspecified atom stereocenters. The van der Waals surface area contributed by atoms with E-state index in [0.29, 0.717) is 12.6 Å². The minimum absolute atomic E-state index is 0. The van der Waals surface area contributed by atoms with E-state index in [0.717, 1.165) is 69.3 Å². The minimum atomic E-state index is -0.0305. The van der Waals surface area contributed by atoms with E-state index in [1.54, 1.807) is 0 Å². The number of guanidine groups is 1. The first-order valence-corrected chi connectivity index (χ1v) is 12.2. The van der Waals surface area contributed by atoms with Crippen LogP contribution in [0.15, 0.2) is 29.3 Å². The monoisotopic (exact) mass is 572 g/mol. The van der Waals surface area contributed by atoms with Crippen LogP contribution in [-0.2, 0) is 20.8 Å². The third-order valence-corrected chi connectivity index (χ3v) is 6.03. The minimum Gasteiger partial charge on any atom is -0.376 e. The van der Waals surface area contributed by atoms with E-state index in [4.69, 9.17) is 14.5 Å². The molecule has 2 aliphatic heterocycles. The van der Waals surface area contributed by atoms with Gasteiger partial charge in [0.2, 0.25) is 5.91 Å². The van der Waals surface area contributed by atoms with Gasteiger partial charge in [0.15, 0.2) is 5.96 Å². The van der Waals surface area contributed by atoms with Crippen molar-refractivity contribution in [3.05, 3.63) is 29.8 Å². The van der Waals surface area contributed by atoms with Crippen molar-refractivity contribution in [1.82, 2.24) is 10.2 Å². The van der Waals surface area contributed by atoms with E-state index in [1.807, 2.05) is 38.1 Å². The van der Waals surface area contributed by atoms with Crippen LogP contribution in [0, 0.1) is 5.92 Å². The molecule has 1 atom stereocenters. The average Bonchev–Trinajstić information content (AvgIpc) is 2.82. The summed E-state index contributed by atoms with van der Waals surface area (Å²) in [5.74, 6) is 0.958. The topological polar surface area (TPSA) is 75.2 Å². The van der Waals surface area contributed by atoms with Gasteiger partial charge in [-0.15, -0.1) is 24.0 Å². The summed E-state index contributed by atoms with van der Waals surface area (Å²) in [4.78, 5) is 19.0. The van der Waals surface area contributed by atoms with Crippen LogP contribution in [0.4, 0.5) is 5.69 Å². The Morgan fingerprint density at radius 3 is 2.52 bits per heavy atom. The molecule has 0 bridgehead atoms. The summed E-state index contributed by atoms with van der Waals surface area (Å²) in [7, 11) is 0. The van der Waals surface area contributed by atoms with Gasteiger partial charge in [-0.1, -0.05) is 26.0 Å². The maximum Gasteiger partial charge on any atom is 0.226 e. The molecule has 0 saturated carbocycles. The van der Waals surface area contributed by atoms with E-state index in [2.05, 4.69) is 22.5 Å². The fourth-order valence-electron chi connectivity index (χ4n) is 3.99. The fourth-order valence-corrected chi connectivity index (χ4v) is 3.99. The van der Waals surface area contributed by atoms with Gasteiger partial charge < -0.3 is 25.0 Å². The number of hydrogen-bond donors (Lipinski definition) is 2. The molecule has 0 aromatic heterocycles. The first-order chi connectivity index (χ1) is 15.5. The maximum atomic E-state index is 11.8. The predicted octanol–water partition coefficient (Wildman–Crippen LogP) is 4.41. The maximum absolute atomic E-state index is 11.8. The van der Waals surface area contributed by atoms with Gasteiger partial charge in [0.1, 0.15) is 0 Å². The molecule has 2 N–H and O–H groups in total. The molecular formula is C25H41IN4O3. The smallest absolute Gasteiger partial charge is 0.226 e. The zero-order valence-corrected chi connectivity index (χ0v) is 22.7. The van der Waals surface area contributed by atoms with Gasteiger partial charge >= 0.3 is 0 Å². The van der Waals surface area contributed by atoms with Crippen LogP contribution in [-0.4, -0.2) is 61.8 Å². The number of nitrogens with one attached hydrogen (secondary N) is 2. The number of ether oxygens (including phenoxy) is 2. The first-order valence-electron chi connectivity index (χ1n) is 12.2. The highest BCUT2D eigenvalue weighted by molar-refractivity contribution is 14.0. The van der Waals surface area contributed by atoms with E-state index >= 15 is 0 Å². The Morgan fingerprint density at radius 2 is 1.91 bits per heavy atom. The predicted molar refractivity (Wildman–Crippen MR) is 144 cm³/mol. The highest BCUT2D eigenvalue weighted by Gasteiger charge is 2.23. The van der Waals surface area contributed by atoms with Crippen LogP contribution >= 0.6 is 24.0 Å². The number of aliphatic imine (C=N–C) groups is 1. The number of likely N-dealkylation sites (tertiary alicyclic amines) is 1. The van der Waals surface area contributed by atoms with Gasteiger partial charge in [-0.25, -0.2) is 4.99 Å². The van der Waals surface area contributed by atoms with Crippen molar-refractivity contribution in [1.29, 1.82) is 0 Å². The van der Waals surface area contributed by atoms with E-state index in [-0.39, 0.29) is 41.9 Å². The molecule has 2 saturated heterocycles. The van der Waals surface area contributed by atoms with Crippen molar-refractivity contribution in [2.24, 2.45) is 10.9 Å². The van der Waals surface area contributed by atoms with E-state index < -0.39 is 0 Å². The molecule has 33 heavy (non-hydrogen) atoms. The number of halogens is 1. The second-order valence-corrected chi connectivity index (χ2v) is 9.02. The third-order valence-electron chi connectivity index (χ3n) is 6.03. The largest absolute Gasteiger partial charge is 0.376 e. The lowest BCUT2D eigenvalue weighted by atomic mass is 10.1. The van der Waals surface area contributed by atoms with Gasteiger partial charge in [-0.3, -0.25) is 4.79 Å². The van der Waals surface area contributed by atoms with Crippen LogP contribution in [0.5, 0.6) is 0 Å².